The fraction of sp³-hybridized carbons (Fsp3) is 0.588. The van der Waals surface area contributed by atoms with Gasteiger partial charge in [-0.05, 0) is 65.1 Å². The molecule has 1 fully saturated rings. The summed E-state index contributed by atoms with van der Waals surface area (Å²) in [5.41, 5.74) is 1.87. The molecule has 0 bridgehead atoms. The van der Waals surface area contributed by atoms with Crippen molar-refractivity contribution in [1.82, 2.24) is 0 Å². The third kappa shape index (κ3) is 2.61. The maximum absolute atomic E-state index is 9.38. The van der Waals surface area contributed by atoms with Crippen LogP contribution in [-0.2, 0) is 14.7 Å². The molecule has 0 unspecified atom stereocenters. The summed E-state index contributed by atoms with van der Waals surface area (Å²) in [6.07, 6.45) is 0. The molecular formula is C17H24BNO2. The summed E-state index contributed by atoms with van der Waals surface area (Å²) in [6, 6.07) is 8.37. The van der Waals surface area contributed by atoms with Crippen LogP contribution in [0.2, 0.25) is 0 Å². The zero-order chi connectivity index (χ0) is 16.1. The van der Waals surface area contributed by atoms with E-state index >= 15 is 0 Å². The summed E-state index contributed by atoms with van der Waals surface area (Å²) in [4.78, 5) is 0. The van der Waals surface area contributed by atoms with Crippen molar-refractivity contribution in [2.45, 2.75) is 65.1 Å². The molecule has 0 saturated carbocycles. The van der Waals surface area contributed by atoms with Crippen LogP contribution in [0.1, 0.15) is 52.7 Å². The van der Waals surface area contributed by atoms with Crippen LogP contribution in [-0.4, -0.2) is 18.3 Å². The summed E-state index contributed by atoms with van der Waals surface area (Å²) < 4.78 is 12.3. The molecule has 4 heteroatoms. The minimum Gasteiger partial charge on any atom is -0.399 e. The lowest BCUT2D eigenvalue weighted by Crippen LogP contribution is -2.41. The van der Waals surface area contributed by atoms with E-state index in [0.717, 1.165) is 16.6 Å². The molecule has 0 aliphatic carbocycles. The molecule has 1 saturated heterocycles. The monoisotopic (exact) mass is 285 g/mol. The van der Waals surface area contributed by atoms with Gasteiger partial charge in [0.05, 0.1) is 22.7 Å². The zero-order valence-electron chi connectivity index (χ0n) is 14.1. The smallest absolute Gasteiger partial charge is 0.399 e. The number of nitrogens with zero attached hydrogens (tertiary/aromatic N) is 1. The SMILES string of the molecule is Cc1c(B2OC(C)(C)C(C)(C)O2)cccc1C(C)(C)C#N. The predicted molar refractivity (Wildman–Crippen MR) is 85.5 cm³/mol. The Kier molecular flexibility index (Phi) is 3.72. The normalized spacial score (nSPS) is 20.4. The number of nitriles is 1. The first kappa shape index (κ1) is 16.1. The first-order valence-electron chi connectivity index (χ1n) is 7.39. The van der Waals surface area contributed by atoms with E-state index in [1.165, 1.54) is 0 Å². The Morgan fingerprint density at radius 3 is 2.10 bits per heavy atom. The predicted octanol–water partition coefficient (Wildman–Crippen LogP) is 3.10. The van der Waals surface area contributed by atoms with Crippen molar-refractivity contribution in [3.63, 3.8) is 0 Å². The molecule has 0 radical (unpaired) electrons. The maximum atomic E-state index is 9.38. The van der Waals surface area contributed by atoms with Crippen LogP contribution in [0.25, 0.3) is 0 Å². The second kappa shape index (κ2) is 4.86. The van der Waals surface area contributed by atoms with Gasteiger partial charge in [-0.25, -0.2) is 0 Å². The van der Waals surface area contributed by atoms with E-state index in [1.54, 1.807) is 0 Å². The molecule has 1 aromatic rings. The van der Waals surface area contributed by atoms with Crippen molar-refractivity contribution in [2.24, 2.45) is 0 Å². The number of hydrogen-bond acceptors (Lipinski definition) is 3. The van der Waals surface area contributed by atoms with Crippen molar-refractivity contribution >= 4 is 12.6 Å². The Bertz CT molecular complexity index is 583. The van der Waals surface area contributed by atoms with E-state index in [9.17, 15) is 5.26 Å². The van der Waals surface area contributed by atoms with Crippen molar-refractivity contribution in [3.8, 4) is 6.07 Å². The summed E-state index contributed by atoms with van der Waals surface area (Å²) in [5.74, 6) is 0. The average Bonchev–Trinajstić information content (AvgIpc) is 2.58. The van der Waals surface area contributed by atoms with Gasteiger partial charge < -0.3 is 9.31 Å². The molecular weight excluding hydrogens is 261 g/mol. The lowest BCUT2D eigenvalue weighted by molar-refractivity contribution is 0.00578. The minimum atomic E-state index is -0.524. The highest BCUT2D eigenvalue weighted by molar-refractivity contribution is 6.62. The van der Waals surface area contributed by atoms with Crippen LogP contribution < -0.4 is 5.46 Å². The Morgan fingerprint density at radius 2 is 1.62 bits per heavy atom. The van der Waals surface area contributed by atoms with Gasteiger partial charge in [-0.15, -0.1) is 0 Å². The molecule has 112 valence electrons. The Hall–Kier alpha value is -1.31. The second-order valence-electron chi connectivity index (χ2n) is 7.34. The fourth-order valence-electron chi connectivity index (χ4n) is 2.62. The van der Waals surface area contributed by atoms with Gasteiger partial charge in [0.2, 0.25) is 0 Å². The lowest BCUT2D eigenvalue weighted by atomic mass is 9.71. The van der Waals surface area contributed by atoms with Crippen LogP contribution in [0.3, 0.4) is 0 Å². The van der Waals surface area contributed by atoms with Gasteiger partial charge in [-0.2, -0.15) is 5.26 Å². The molecule has 1 aliphatic heterocycles. The fourth-order valence-corrected chi connectivity index (χ4v) is 2.62. The van der Waals surface area contributed by atoms with Crippen molar-refractivity contribution in [3.05, 3.63) is 29.3 Å². The van der Waals surface area contributed by atoms with E-state index in [4.69, 9.17) is 9.31 Å². The Labute approximate surface area is 128 Å². The molecule has 1 aromatic carbocycles. The Balaban J connectivity index is 2.45. The summed E-state index contributed by atoms with van der Waals surface area (Å²) in [7, 11) is -0.385. The highest BCUT2D eigenvalue weighted by atomic mass is 16.7. The zero-order valence-corrected chi connectivity index (χ0v) is 14.1. The number of hydrogen-bond donors (Lipinski definition) is 0. The highest BCUT2D eigenvalue weighted by Gasteiger charge is 2.52. The highest BCUT2D eigenvalue weighted by Crippen LogP contribution is 2.37. The van der Waals surface area contributed by atoms with Crippen LogP contribution in [0.5, 0.6) is 0 Å². The van der Waals surface area contributed by atoms with Gasteiger partial charge in [0, 0.05) is 0 Å². The summed E-state index contributed by atoms with van der Waals surface area (Å²) in [5, 5.41) is 9.38. The van der Waals surface area contributed by atoms with Crippen LogP contribution in [0.4, 0.5) is 0 Å². The third-order valence-electron chi connectivity index (χ3n) is 4.84. The molecule has 3 nitrogen and oxygen atoms in total. The van der Waals surface area contributed by atoms with Gasteiger partial charge in [0.25, 0.3) is 0 Å². The number of rotatable bonds is 2. The van der Waals surface area contributed by atoms with Crippen molar-refractivity contribution < 1.29 is 9.31 Å². The largest absolute Gasteiger partial charge is 0.495 e. The first-order chi connectivity index (χ1) is 9.52. The molecule has 1 heterocycles. The van der Waals surface area contributed by atoms with Gasteiger partial charge in [-0.1, -0.05) is 18.2 Å². The standard InChI is InChI=1S/C17H24BNO2/c1-12-13(15(2,3)11-19)9-8-10-14(12)18-20-16(4,5)17(6,7)21-18/h8-10H,1-7H3. The minimum absolute atomic E-state index is 0.356. The summed E-state index contributed by atoms with van der Waals surface area (Å²) >= 11 is 0. The third-order valence-corrected chi connectivity index (χ3v) is 4.84. The molecule has 0 spiro atoms. The number of benzene rings is 1. The van der Waals surface area contributed by atoms with Crippen LogP contribution >= 0.6 is 0 Å². The molecule has 1 aliphatic rings. The molecule has 0 amide bonds. The van der Waals surface area contributed by atoms with E-state index in [1.807, 2.05) is 66.7 Å². The molecule has 0 aromatic heterocycles. The first-order valence-corrected chi connectivity index (χ1v) is 7.39. The van der Waals surface area contributed by atoms with Gasteiger partial charge in [0.1, 0.15) is 0 Å². The van der Waals surface area contributed by atoms with E-state index in [-0.39, 0.29) is 18.3 Å². The molecule has 0 N–H and O–H groups in total. The molecule has 0 atom stereocenters. The molecule has 21 heavy (non-hydrogen) atoms. The van der Waals surface area contributed by atoms with Gasteiger partial charge in [-0.3, -0.25) is 0 Å². The van der Waals surface area contributed by atoms with Gasteiger partial charge in [0.15, 0.2) is 0 Å². The maximum Gasteiger partial charge on any atom is 0.495 e. The second-order valence-corrected chi connectivity index (χ2v) is 7.34. The van der Waals surface area contributed by atoms with Gasteiger partial charge >= 0.3 is 7.12 Å². The van der Waals surface area contributed by atoms with E-state index < -0.39 is 5.41 Å². The summed E-state index contributed by atoms with van der Waals surface area (Å²) in [6.45, 7) is 14.1. The Morgan fingerprint density at radius 1 is 1.10 bits per heavy atom. The topological polar surface area (TPSA) is 42.2 Å². The average molecular weight is 285 g/mol. The van der Waals surface area contributed by atoms with E-state index in [0.29, 0.717) is 0 Å². The van der Waals surface area contributed by atoms with Crippen molar-refractivity contribution in [2.75, 3.05) is 0 Å². The van der Waals surface area contributed by atoms with Crippen LogP contribution in [0, 0.1) is 18.3 Å². The van der Waals surface area contributed by atoms with E-state index in [2.05, 4.69) is 6.07 Å². The molecule has 2 rings (SSSR count). The van der Waals surface area contributed by atoms with Crippen LogP contribution in [0.15, 0.2) is 18.2 Å². The lowest BCUT2D eigenvalue weighted by Gasteiger charge is -2.32. The van der Waals surface area contributed by atoms with Crippen molar-refractivity contribution in [1.29, 1.82) is 5.26 Å². The quantitative estimate of drug-likeness (QED) is 0.784.